The minimum absolute atomic E-state index is 0.0451. The molecule has 20 heavy (non-hydrogen) atoms. The molecule has 3 rings (SSSR count). The molecule has 1 heterocycles. The third kappa shape index (κ3) is 2.51. The molecule has 1 aromatic carbocycles. The maximum absolute atomic E-state index is 12.2. The van der Waals surface area contributed by atoms with Crippen molar-refractivity contribution in [3.05, 3.63) is 46.7 Å². The number of hydrogen-bond donors (Lipinski definition) is 2. The van der Waals surface area contributed by atoms with Gasteiger partial charge in [0.05, 0.1) is 4.47 Å². The van der Waals surface area contributed by atoms with E-state index in [9.17, 15) is 4.79 Å². The number of benzene rings is 1. The smallest absolute Gasteiger partial charge is 0.287 e. The van der Waals surface area contributed by atoms with Crippen molar-refractivity contribution in [1.82, 2.24) is 5.32 Å². The highest BCUT2D eigenvalue weighted by Crippen LogP contribution is 2.27. The van der Waals surface area contributed by atoms with Crippen LogP contribution in [0.3, 0.4) is 0 Å². The van der Waals surface area contributed by atoms with Crippen molar-refractivity contribution in [3.63, 3.8) is 0 Å². The SMILES string of the molecule is O=C(N[C@@H]1C=C[C@H](CO)C1)c1cc2cccc(Br)c2o1. The summed E-state index contributed by atoms with van der Waals surface area (Å²) in [6, 6.07) is 7.36. The second-order valence-corrected chi connectivity index (χ2v) is 5.77. The second kappa shape index (κ2) is 5.42. The predicted molar refractivity (Wildman–Crippen MR) is 79.5 cm³/mol. The van der Waals surface area contributed by atoms with Gasteiger partial charge in [0, 0.05) is 24.0 Å². The Morgan fingerprint density at radius 3 is 3.00 bits per heavy atom. The maximum atomic E-state index is 12.2. The maximum Gasteiger partial charge on any atom is 0.287 e. The molecule has 0 unspecified atom stereocenters. The van der Waals surface area contributed by atoms with Crippen molar-refractivity contribution in [3.8, 4) is 0 Å². The van der Waals surface area contributed by atoms with Crippen molar-refractivity contribution < 1.29 is 14.3 Å². The topological polar surface area (TPSA) is 62.5 Å². The van der Waals surface area contributed by atoms with Gasteiger partial charge in [-0.05, 0) is 34.5 Å². The summed E-state index contributed by atoms with van der Waals surface area (Å²) in [7, 11) is 0. The quantitative estimate of drug-likeness (QED) is 0.848. The number of hydrogen-bond acceptors (Lipinski definition) is 3. The van der Waals surface area contributed by atoms with Crippen LogP contribution in [0.5, 0.6) is 0 Å². The van der Waals surface area contributed by atoms with Crippen molar-refractivity contribution in [2.24, 2.45) is 5.92 Å². The third-order valence-electron chi connectivity index (χ3n) is 3.44. The number of furan rings is 1. The van der Waals surface area contributed by atoms with Gasteiger partial charge in [0.15, 0.2) is 5.76 Å². The first-order valence-corrected chi connectivity index (χ1v) is 7.25. The molecule has 0 spiro atoms. The minimum atomic E-state index is -0.235. The Labute approximate surface area is 124 Å². The van der Waals surface area contributed by atoms with E-state index in [4.69, 9.17) is 9.52 Å². The van der Waals surface area contributed by atoms with Crippen LogP contribution >= 0.6 is 15.9 Å². The van der Waals surface area contributed by atoms with E-state index in [2.05, 4.69) is 21.2 Å². The number of aliphatic hydroxyl groups is 1. The van der Waals surface area contributed by atoms with E-state index in [1.165, 1.54) is 0 Å². The van der Waals surface area contributed by atoms with Crippen LogP contribution in [0.25, 0.3) is 11.0 Å². The Bertz CT molecular complexity index is 677. The summed E-state index contributed by atoms with van der Waals surface area (Å²) in [6.45, 7) is 0.112. The average Bonchev–Trinajstić information content (AvgIpc) is 3.05. The van der Waals surface area contributed by atoms with E-state index in [0.717, 1.165) is 16.3 Å². The number of aliphatic hydroxyl groups excluding tert-OH is 1. The average molecular weight is 336 g/mol. The molecule has 2 aromatic rings. The lowest BCUT2D eigenvalue weighted by Gasteiger charge is -2.11. The molecule has 4 nitrogen and oxygen atoms in total. The van der Waals surface area contributed by atoms with E-state index in [-0.39, 0.29) is 24.5 Å². The monoisotopic (exact) mass is 335 g/mol. The largest absolute Gasteiger partial charge is 0.450 e. The van der Waals surface area contributed by atoms with Crippen molar-refractivity contribution >= 4 is 32.8 Å². The molecule has 2 N–H and O–H groups in total. The lowest BCUT2D eigenvalue weighted by Crippen LogP contribution is -2.32. The van der Waals surface area contributed by atoms with Crippen molar-refractivity contribution in [2.45, 2.75) is 12.5 Å². The summed E-state index contributed by atoms with van der Waals surface area (Å²) in [5.74, 6) is 0.194. The molecule has 1 aliphatic carbocycles. The fourth-order valence-corrected chi connectivity index (χ4v) is 2.86. The fourth-order valence-electron chi connectivity index (χ4n) is 2.40. The van der Waals surface area contributed by atoms with Gasteiger partial charge in [-0.1, -0.05) is 24.3 Å². The zero-order valence-corrected chi connectivity index (χ0v) is 12.3. The molecule has 5 heteroatoms. The van der Waals surface area contributed by atoms with Crippen LogP contribution in [0.1, 0.15) is 17.0 Å². The Hall–Kier alpha value is -1.59. The number of fused-ring (bicyclic) bond motifs is 1. The predicted octanol–water partition coefficient (Wildman–Crippen LogP) is 2.86. The van der Waals surface area contributed by atoms with Crippen LogP contribution in [-0.2, 0) is 0 Å². The molecule has 0 aliphatic heterocycles. The van der Waals surface area contributed by atoms with Gasteiger partial charge >= 0.3 is 0 Å². The molecule has 0 fully saturated rings. The van der Waals surface area contributed by atoms with Crippen LogP contribution in [0, 0.1) is 5.92 Å². The third-order valence-corrected chi connectivity index (χ3v) is 4.07. The highest BCUT2D eigenvalue weighted by atomic mass is 79.9. The zero-order valence-electron chi connectivity index (χ0n) is 10.7. The van der Waals surface area contributed by atoms with Crippen LogP contribution in [0.2, 0.25) is 0 Å². The molecular formula is C15H14BrNO3. The normalized spacial score (nSPS) is 21.5. The number of para-hydroxylation sites is 1. The summed E-state index contributed by atoms with van der Waals surface area (Å²) in [6.07, 6.45) is 4.57. The van der Waals surface area contributed by atoms with Gasteiger partial charge in [0.2, 0.25) is 0 Å². The molecule has 0 saturated carbocycles. The van der Waals surface area contributed by atoms with Gasteiger partial charge in [-0.3, -0.25) is 4.79 Å². The number of halogens is 1. The van der Waals surface area contributed by atoms with Crippen molar-refractivity contribution in [1.29, 1.82) is 0 Å². The first-order valence-electron chi connectivity index (χ1n) is 6.45. The van der Waals surface area contributed by atoms with Crippen LogP contribution in [-0.4, -0.2) is 23.7 Å². The van der Waals surface area contributed by atoms with Gasteiger partial charge in [-0.15, -0.1) is 0 Å². The Kier molecular flexibility index (Phi) is 3.63. The molecular weight excluding hydrogens is 322 g/mol. The molecule has 104 valence electrons. The van der Waals surface area contributed by atoms with Crippen LogP contribution in [0.15, 0.2) is 45.3 Å². The van der Waals surface area contributed by atoms with Gasteiger partial charge in [-0.2, -0.15) is 0 Å². The van der Waals surface area contributed by atoms with Crippen molar-refractivity contribution in [2.75, 3.05) is 6.61 Å². The summed E-state index contributed by atoms with van der Waals surface area (Å²) in [5.41, 5.74) is 0.674. The van der Waals surface area contributed by atoms with Gasteiger partial charge in [0.25, 0.3) is 5.91 Å². The molecule has 0 saturated heterocycles. The summed E-state index contributed by atoms with van der Waals surface area (Å²) in [4.78, 5) is 12.2. The van der Waals surface area contributed by atoms with E-state index in [1.807, 2.05) is 30.4 Å². The fraction of sp³-hybridized carbons (Fsp3) is 0.267. The molecule has 1 aliphatic rings. The van der Waals surface area contributed by atoms with E-state index in [1.54, 1.807) is 6.07 Å². The molecule has 0 radical (unpaired) electrons. The van der Waals surface area contributed by atoms with E-state index in [0.29, 0.717) is 11.3 Å². The second-order valence-electron chi connectivity index (χ2n) is 4.91. The molecule has 0 bridgehead atoms. The van der Waals surface area contributed by atoms with Gasteiger partial charge < -0.3 is 14.8 Å². The number of rotatable bonds is 3. The lowest BCUT2D eigenvalue weighted by molar-refractivity contribution is 0.0915. The summed E-state index contributed by atoms with van der Waals surface area (Å²) >= 11 is 3.40. The first kappa shape index (κ1) is 13.4. The number of carbonyl (C=O) groups is 1. The standard InChI is InChI=1S/C15H14BrNO3/c16-12-3-1-2-10-7-13(20-14(10)12)15(19)17-11-5-4-9(6-11)8-18/h1-5,7,9,11,18H,6,8H2,(H,17,19)/t9-,11+/m0/s1. The number of amides is 1. The van der Waals surface area contributed by atoms with Crippen LogP contribution in [0.4, 0.5) is 0 Å². The highest BCUT2D eigenvalue weighted by molar-refractivity contribution is 9.10. The summed E-state index contributed by atoms with van der Waals surface area (Å²) < 4.78 is 6.42. The molecule has 2 atom stereocenters. The molecule has 1 amide bonds. The van der Waals surface area contributed by atoms with Crippen LogP contribution < -0.4 is 5.32 Å². The highest BCUT2D eigenvalue weighted by Gasteiger charge is 2.22. The lowest BCUT2D eigenvalue weighted by atomic mass is 10.1. The Balaban J connectivity index is 1.76. The van der Waals surface area contributed by atoms with E-state index >= 15 is 0 Å². The van der Waals surface area contributed by atoms with Gasteiger partial charge in [-0.25, -0.2) is 0 Å². The van der Waals surface area contributed by atoms with E-state index < -0.39 is 0 Å². The number of nitrogens with one attached hydrogen (secondary N) is 1. The van der Waals surface area contributed by atoms with Gasteiger partial charge in [0.1, 0.15) is 5.58 Å². The zero-order chi connectivity index (χ0) is 14.1. The Morgan fingerprint density at radius 1 is 1.45 bits per heavy atom. The number of carbonyl (C=O) groups excluding carboxylic acids is 1. The molecule has 1 aromatic heterocycles. The minimum Gasteiger partial charge on any atom is -0.450 e. The Morgan fingerprint density at radius 2 is 2.30 bits per heavy atom. The summed E-state index contributed by atoms with van der Waals surface area (Å²) in [5, 5.41) is 12.9. The first-order chi connectivity index (χ1) is 9.67.